The van der Waals surface area contributed by atoms with Gasteiger partial charge in [-0.3, -0.25) is 4.79 Å². The second kappa shape index (κ2) is 7.51. The van der Waals surface area contributed by atoms with Crippen LogP contribution in [0.1, 0.15) is 38.5 Å². The topological polar surface area (TPSA) is 81.2 Å². The van der Waals surface area contributed by atoms with Crippen molar-refractivity contribution < 1.29 is 9.21 Å². The molecule has 3 rings (SSSR count). The largest absolute Gasteiger partial charge is 0.441 e. The minimum absolute atomic E-state index is 0. The van der Waals surface area contributed by atoms with Gasteiger partial charge in [-0.2, -0.15) is 0 Å². The molecule has 1 aromatic heterocycles. The number of aromatic nitrogens is 1. The minimum atomic E-state index is -0.421. The quantitative estimate of drug-likeness (QED) is 0.853. The van der Waals surface area contributed by atoms with E-state index < -0.39 is 5.54 Å². The van der Waals surface area contributed by atoms with Crippen molar-refractivity contribution in [2.24, 2.45) is 11.7 Å². The lowest BCUT2D eigenvalue weighted by atomic mass is 9.74. The number of aryl methyl sites for hydroxylation is 1. The molecule has 2 unspecified atom stereocenters. The Labute approximate surface area is 148 Å². The van der Waals surface area contributed by atoms with Gasteiger partial charge < -0.3 is 15.5 Å². The summed E-state index contributed by atoms with van der Waals surface area (Å²) >= 11 is 0. The number of hydrogen-bond donors (Lipinski definition) is 2. The normalized spacial score (nSPS) is 23.7. The lowest BCUT2D eigenvalue weighted by Gasteiger charge is -2.37. The molecule has 1 aliphatic rings. The Balaban J connectivity index is 0.00000132. The van der Waals surface area contributed by atoms with Crippen LogP contribution in [0.25, 0.3) is 11.1 Å². The first-order valence-corrected chi connectivity index (χ1v) is 7.43. The molecule has 23 heavy (non-hydrogen) atoms. The maximum absolute atomic E-state index is 12.5. The van der Waals surface area contributed by atoms with E-state index in [1.54, 1.807) is 6.92 Å². The van der Waals surface area contributed by atoms with Gasteiger partial charge in [-0.25, -0.2) is 4.98 Å². The number of nitrogens with zero attached hydrogens (tertiary/aromatic N) is 1. The van der Waals surface area contributed by atoms with E-state index in [9.17, 15) is 4.79 Å². The lowest BCUT2D eigenvalue weighted by Crippen LogP contribution is -2.51. The van der Waals surface area contributed by atoms with Gasteiger partial charge in [-0.1, -0.05) is 12.8 Å². The van der Waals surface area contributed by atoms with Gasteiger partial charge in [0.1, 0.15) is 5.52 Å². The van der Waals surface area contributed by atoms with Crippen LogP contribution in [0.5, 0.6) is 0 Å². The number of nitrogens with two attached hydrogens (primary N) is 1. The highest BCUT2D eigenvalue weighted by Crippen LogP contribution is 2.32. The summed E-state index contributed by atoms with van der Waals surface area (Å²) in [6.07, 6.45) is 3.90. The van der Waals surface area contributed by atoms with Crippen LogP contribution in [0.15, 0.2) is 22.6 Å². The Hall–Kier alpha value is -1.30. The lowest BCUT2D eigenvalue weighted by molar-refractivity contribution is -0.122. The third-order valence-corrected chi connectivity index (χ3v) is 4.33. The highest BCUT2D eigenvalue weighted by atomic mass is 35.5. The molecule has 2 atom stereocenters. The molecule has 0 radical (unpaired) electrons. The fourth-order valence-corrected chi connectivity index (χ4v) is 3.14. The Morgan fingerprint density at radius 3 is 2.83 bits per heavy atom. The van der Waals surface area contributed by atoms with Crippen LogP contribution in [0.4, 0.5) is 5.69 Å². The standard InChI is InChI=1S/C16H21N3O2.2ClH/c1-10-18-13-7-6-11(9-14(13)21-10)19-15(20)12-5-3-4-8-16(12,2)17;;/h6-7,9,12H,3-5,8,17H2,1-2H3,(H,19,20);2*1H. The fraction of sp³-hybridized carbons (Fsp3) is 0.500. The number of carbonyl (C=O) groups is 1. The first-order chi connectivity index (χ1) is 9.95. The molecular formula is C16H23Cl2N3O2. The summed E-state index contributed by atoms with van der Waals surface area (Å²) in [4.78, 5) is 16.7. The Morgan fingerprint density at radius 2 is 2.13 bits per heavy atom. The first kappa shape index (κ1) is 19.7. The molecule has 1 fully saturated rings. The molecule has 5 nitrogen and oxygen atoms in total. The minimum Gasteiger partial charge on any atom is -0.441 e. The monoisotopic (exact) mass is 359 g/mol. The number of rotatable bonds is 2. The summed E-state index contributed by atoms with van der Waals surface area (Å²) in [6.45, 7) is 3.78. The zero-order valence-corrected chi connectivity index (χ0v) is 14.9. The van der Waals surface area contributed by atoms with Gasteiger partial charge >= 0.3 is 0 Å². The van der Waals surface area contributed by atoms with E-state index in [1.807, 2.05) is 25.1 Å². The number of fused-ring (bicyclic) bond motifs is 1. The van der Waals surface area contributed by atoms with E-state index in [2.05, 4.69) is 10.3 Å². The summed E-state index contributed by atoms with van der Waals surface area (Å²) in [5.74, 6) is 0.476. The van der Waals surface area contributed by atoms with Crippen molar-refractivity contribution >= 4 is 47.5 Å². The van der Waals surface area contributed by atoms with Gasteiger partial charge in [-0.15, -0.1) is 24.8 Å². The number of benzene rings is 1. The number of halogens is 2. The molecule has 3 N–H and O–H groups in total. The Kier molecular flexibility index (Phi) is 6.45. The van der Waals surface area contributed by atoms with E-state index in [4.69, 9.17) is 10.2 Å². The van der Waals surface area contributed by atoms with Gasteiger partial charge in [0.2, 0.25) is 5.91 Å². The third kappa shape index (κ3) is 4.16. The predicted molar refractivity (Wildman–Crippen MR) is 96.4 cm³/mol. The van der Waals surface area contributed by atoms with Crippen molar-refractivity contribution in [3.05, 3.63) is 24.1 Å². The van der Waals surface area contributed by atoms with Crippen molar-refractivity contribution in [2.45, 2.75) is 45.1 Å². The van der Waals surface area contributed by atoms with Gasteiger partial charge in [0.05, 0.1) is 5.92 Å². The van der Waals surface area contributed by atoms with Crippen LogP contribution < -0.4 is 11.1 Å². The van der Waals surface area contributed by atoms with Crippen LogP contribution in [-0.2, 0) is 4.79 Å². The molecule has 1 amide bonds. The van der Waals surface area contributed by atoms with Crippen LogP contribution in [0.2, 0.25) is 0 Å². The SMILES string of the molecule is Cc1nc2ccc(NC(=O)C3CCCCC3(C)N)cc2o1.Cl.Cl. The van der Waals surface area contributed by atoms with Crippen LogP contribution in [0.3, 0.4) is 0 Å². The summed E-state index contributed by atoms with van der Waals surface area (Å²) in [7, 11) is 0. The van der Waals surface area contributed by atoms with Gasteiger partial charge in [-0.05, 0) is 31.9 Å². The fourth-order valence-electron chi connectivity index (χ4n) is 3.14. The van der Waals surface area contributed by atoms with E-state index in [0.717, 1.165) is 36.9 Å². The highest BCUT2D eigenvalue weighted by molar-refractivity contribution is 5.95. The number of amides is 1. The van der Waals surface area contributed by atoms with Gasteiger partial charge in [0, 0.05) is 24.2 Å². The molecule has 2 aromatic rings. The molecule has 7 heteroatoms. The van der Waals surface area contributed by atoms with E-state index >= 15 is 0 Å². The summed E-state index contributed by atoms with van der Waals surface area (Å²) in [5, 5.41) is 2.96. The summed E-state index contributed by atoms with van der Waals surface area (Å²) < 4.78 is 5.49. The van der Waals surface area contributed by atoms with E-state index in [-0.39, 0.29) is 36.6 Å². The second-order valence-electron chi connectivity index (χ2n) is 6.21. The highest BCUT2D eigenvalue weighted by Gasteiger charge is 2.37. The molecule has 0 spiro atoms. The van der Waals surface area contributed by atoms with Crippen molar-refractivity contribution in [2.75, 3.05) is 5.32 Å². The molecule has 1 aromatic carbocycles. The first-order valence-electron chi connectivity index (χ1n) is 7.43. The molecule has 1 aliphatic carbocycles. The molecule has 1 heterocycles. The summed E-state index contributed by atoms with van der Waals surface area (Å²) in [5.41, 5.74) is 8.07. The predicted octanol–water partition coefficient (Wildman–Crippen LogP) is 3.83. The Morgan fingerprint density at radius 1 is 1.39 bits per heavy atom. The molecule has 0 saturated heterocycles. The van der Waals surface area contributed by atoms with Crippen molar-refractivity contribution in [3.63, 3.8) is 0 Å². The van der Waals surface area contributed by atoms with E-state index in [0.29, 0.717) is 11.5 Å². The van der Waals surface area contributed by atoms with Crippen LogP contribution in [0, 0.1) is 12.8 Å². The molecule has 128 valence electrons. The van der Waals surface area contributed by atoms with Crippen molar-refractivity contribution in [3.8, 4) is 0 Å². The zero-order chi connectivity index (χ0) is 15.0. The van der Waals surface area contributed by atoms with Crippen LogP contribution in [-0.4, -0.2) is 16.4 Å². The third-order valence-electron chi connectivity index (χ3n) is 4.33. The van der Waals surface area contributed by atoms with Gasteiger partial charge in [0.15, 0.2) is 11.5 Å². The zero-order valence-electron chi connectivity index (χ0n) is 13.3. The smallest absolute Gasteiger partial charge is 0.229 e. The molecule has 0 aliphatic heterocycles. The average molecular weight is 360 g/mol. The summed E-state index contributed by atoms with van der Waals surface area (Å²) in [6, 6.07) is 5.51. The number of anilines is 1. The van der Waals surface area contributed by atoms with Crippen molar-refractivity contribution in [1.29, 1.82) is 0 Å². The Bertz CT molecular complexity index is 685. The number of hydrogen-bond acceptors (Lipinski definition) is 4. The van der Waals surface area contributed by atoms with Gasteiger partial charge in [0.25, 0.3) is 0 Å². The molecule has 0 bridgehead atoms. The maximum Gasteiger partial charge on any atom is 0.229 e. The van der Waals surface area contributed by atoms with Crippen molar-refractivity contribution in [1.82, 2.24) is 4.98 Å². The van der Waals surface area contributed by atoms with E-state index in [1.165, 1.54) is 0 Å². The van der Waals surface area contributed by atoms with Crippen LogP contribution >= 0.6 is 24.8 Å². The number of oxazole rings is 1. The average Bonchev–Trinajstić information content (AvgIpc) is 2.77. The number of nitrogens with one attached hydrogen (secondary N) is 1. The number of carbonyl (C=O) groups excluding carboxylic acids is 1. The second-order valence-corrected chi connectivity index (χ2v) is 6.21. The molecular weight excluding hydrogens is 337 g/mol. The maximum atomic E-state index is 12.5. The molecule has 1 saturated carbocycles.